The zero-order chi connectivity index (χ0) is 24.2. The van der Waals surface area contributed by atoms with Gasteiger partial charge in [0, 0.05) is 25.3 Å². The highest BCUT2D eigenvalue weighted by Crippen LogP contribution is 2.40. The molecule has 0 amide bonds. The van der Waals surface area contributed by atoms with E-state index in [1.807, 2.05) is 13.8 Å². The van der Waals surface area contributed by atoms with E-state index in [9.17, 15) is 5.11 Å². The van der Waals surface area contributed by atoms with Crippen molar-refractivity contribution in [3.63, 3.8) is 0 Å². The van der Waals surface area contributed by atoms with Crippen molar-refractivity contribution in [1.82, 2.24) is 14.9 Å². The number of hydrogen-bond donors (Lipinski definition) is 2. The molecule has 0 bridgehead atoms. The maximum Gasteiger partial charge on any atom is 0.218 e. The molecule has 2 aromatic rings. The van der Waals surface area contributed by atoms with Gasteiger partial charge >= 0.3 is 0 Å². The fraction of sp³-hybridized carbons (Fsp3) is 0.625. The first-order valence-electron chi connectivity index (χ1n) is 11.8. The Bertz CT molecular complexity index is 1180. The van der Waals surface area contributed by atoms with Crippen LogP contribution in [0.4, 0.5) is 4.39 Å². The van der Waals surface area contributed by atoms with Gasteiger partial charge in [0.2, 0.25) is 5.96 Å². The monoisotopic (exact) mass is 491 g/mol. The van der Waals surface area contributed by atoms with Crippen LogP contribution in [0.3, 0.4) is 0 Å². The number of alkyl halides is 1. The first kappa shape index (κ1) is 23.7. The summed E-state index contributed by atoms with van der Waals surface area (Å²) in [5.41, 5.74) is 2.76. The van der Waals surface area contributed by atoms with Gasteiger partial charge in [-0.15, -0.1) is 11.6 Å². The molecule has 2 N–H and O–H groups in total. The van der Waals surface area contributed by atoms with Crippen molar-refractivity contribution in [3.05, 3.63) is 28.8 Å². The number of guanidine groups is 1. The topological polar surface area (TPSA) is 93.3 Å². The maximum absolute atomic E-state index is 15.5. The van der Waals surface area contributed by atoms with Crippen LogP contribution in [0.2, 0.25) is 0 Å². The number of aliphatic hydroxyl groups excluding tert-OH is 1. The molecule has 3 aliphatic rings. The van der Waals surface area contributed by atoms with Crippen LogP contribution in [-0.2, 0) is 21.5 Å². The number of aliphatic imine (C=N–C) groups is 2. The summed E-state index contributed by atoms with van der Waals surface area (Å²) in [5, 5.41) is 13.0. The van der Waals surface area contributed by atoms with Crippen molar-refractivity contribution in [3.8, 4) is 0 Å². The molecule has 5 rings (SSSR count). The van der Waals surface area contributed by atoms with Crippen molar-refractivity contribution in [2.45, 2.75) is 69.2 Å². The van der Waals surface area contributed by atoms with Crippen LogP contribution in [0.15, 0.2) is 16.1 Å². The molecule has 10 heteroatoms. The molecule has 34 heavy (non-hydrogen) atoms. The number of nitrogens with one attached hydrogen (secondary N) is 1. The van der Waals surface area contributed by atoms with Crippen LogP contribution < -0.4 is 5.32 Å². The Morgan fingerprint density at radius 2 is 2.15 bits per heavy atom. The lowest BCUT2D eigenvalue weighted by Gasteiger charge is -2.31. The number of benzene rings is 1. The van der Waals surface area contributed by atoms with E-state index in [0.717, 1.165) is 23.9 Å². The average molecular weight is 492 g/mol. The number of ether oxygens (including phenoxy) is 2. The summed E-state index contributed by atoms with van der Waals surface area (Å²) < 4.78 is 28.6. The third-order valence-electron chi connectivity index (χ3n) is 7.16. The zero-order valence-electron chi connectivity index (χ0n) is 19.9. The normalized spacial score (nSPS) is 27.5. The first-order chi connectivity index (χ1) is 16.2. The summed E-state index contributed by atoms with van der Waals surface area (Å²) in [4.78, 5) is 13.9. The number of halogens is 2. The minimum atomic E-state index is -0.667. The lowest BCUT2D eigenvalue weighted by Crippen LogP contribution is -2.49. The molecule has 0 aliphatic carbocycles. The molecule has 184 valence electrons. The van der Waals surface area contributed by atoms with Gasteiger partial charge in [-0.25, -0.2) is 19.4 Å². The van der Waals surface area contributed by atoms with Gasteiger partial charge < -0.3 is 24.5 Å². The second-order valence-corrected chi connectivity index (χ2v) is 10.3. The molecule has 1 unspecified atom stereocenters. The average Bonchev–Trinajstić information content (AvgIpc) is 3.24. The predicted octanol–water partition coefficient (Wildman–Crippen LogP) is 3.07. The summed E-state index contributed by atoms with van der Waals surface area (Å²) in [7, 11) is 1.64. The Hall–Kier alpha value is -2.07. The van der Waals surface area contributed by atoms with Gasteiger partial charge in [-0.3, -0.25) is 0 Å². The van der Waals surface area contributed by atoms with Crippen LogP contribution in [0.1, 0.15) is 56.6 Å². The van der Waals surface area contributed by atoms with E-state index >= 15 is 4.39 Å². The second-order valence-electron chi connectivity index (χ2n) is 9.80. The number of nitrogens with zero attached hydrogens (tertiary/aromatic N) is 4. The van der Waals surface area contributed by atoms with Crippen molar-refractivity contribution in [2.24, 2.45) is 9.98 Å². The van der Waals surface area contributed by atoms with Gasteiger partial charge in [0.15, 0.2) is 5.82 Å². The lowest BCUT2D eigenvalue weighted by atomic mass is 9.91. The van der Waals surface area contributed by atoms with Crippen molar-refractivity contribution in [2.75, 3.05) is 26.9 Å². The van der Waals surface area contributed by atoms with Crippen LogP contribution in [-0.4, -0.2) is 70.7 Å². The van der Waals surface area contributed by atoms with Gasteiger partial charge in [-0.1, -0.05) is 0 Å². The largest absolute Gasteiger partial charge is 0.389 e. The smallest absolute Gasteiger partial charge is 0.218 e. The van der Waals surface area contributed by atoms with E-state index in [2.05, 4.69) is 21.8 Å². The van der Waals surface area contributed by atoms with Gasteiger partial charge in [0.25, 0.3) is 0 Å². The molecule has 3 aliphatic heterocycles. The molecule has 1 aromatic heterocycles. The highest BCUT2D eigenvalue weighted by Gasteiger charge is 2.36. The highest BCUT2D eigenvalue weighted by atomic mass is 35.5. The predicted molar refractivity (Wildman–Crippen MR) is 130 cm³/mol. The Kier molecular flexibility index (Phi) is 6.16. The Labute approximate surface area is 203 Å². The van der Waals surface area contributed by atoms with E-state index in [4.69, 9.17) is 31.1 Å². The number of imidazole rings is 1. The van der Waals surface area contributed by atoms with Gasteiger partial charge in [0.05, 0.1) is 41.9 Å². The van der Waals surface area contributed by atoms with Gasteiger partial charge in [-0.05, 0) is 51.7 Å². The molecule has 0 radical (unpaired) electrons. The number of aliphatic hydroxyl groups is 1. The molecule has 0 spiro atoms. The summed E-state index contributed by atoms with van der Waals surface area (Å²) in [6.45, 7) is 7.16. The van der Waals surface area contributed by atoms with Crippen molar-refractivity contribution >= 4 is 34.3 Å². The van der Waals surface area contributed by atoms with Crippen LogP contribution in [0, 0.1) is 5.82 Å². The Morgan fingerprint density at radius 3 is 2.88 bits per heavy atom. The summed E-state index contributed by atoms with van der Waals surface area (Å²) >= 11 is 6.67. The highest BCUT2D eigenvalue weighted by molar-refractivity contribution is 6.37. The molecule has 1 fully saturated rings. The van der Waals surface area contributed by atoms with E-state index in [1.165, 1.54) is 6.07 Å². The van der Waals surface area contributed by atoms with Crippen LogP contribution in [0.25, 0.3) is 11.0 Å². The molecule has 0 saturated carbocycles. The zero-order valence-corrected chi connectivity index (χ0v) is 20.7. The Morgan fingerprint density at radius 1 is 1.35 bits per heavy atom. The fourth-order valence-corrected chi connectivity index (χ4v) is 5.28. The molecular formula is C24H31ClFN5O3. The molecular weight excluding hydrogens is 461 g/mol. The third-order valence-corrected chi connectivity index (χ3v) is 7.51. The molecule has 4 heterocycles. The van der Waals surface area contributed by atoms with Crippen LogP contribution in [0.5, 0.6) is 0 Å². The minimum absolute atomic E-state index is 0.158. The molecule has 8 nitrogen and oxygen atoms in total. The van der Waals surface area contributed by atoms with Crippen molar-refractivity contribution in [1.29, 1.82) is 0 Å². The summed E-state index contributed by atoms with van der Waals surface area (Å²) in [6, 6.07) is 1.46. The SMILES string of the molecule is COC(C)(C)c1nc2c(F)cc(C3=NC(N[C@@H]4CCOC[C@H]4O)=NCC3Cl)c3c2n1[C@H](C)CC3. The van der Waals surface area contributed by atoms with Gasteiger partial charge in [0.1, 0.15) is 16.9 Å². The molecule has 4 atom stereocenters. The van der Waals surface area contributed by atoms with E-state index < -0.39 is 22.9 Å². The standard InChI is InChI=1S/C24H31ClFN5O3/c1-12-5-6-13-14(9-16(26)20-21(13)31(12)22(29-20)24(2,3)33-4)19-15(25)10-27-23(30-19)28-17-7-8-34-11-18(17)32/h9,12,15,17-18,32H,5-8,10-11H2,1-4H3,(H,27,28)/t12-,15?,17-,18-/m1/s1. The van der Waals surface area contributed by atoms with Gasteiger partial charge in [-0.2, -0.15) is 0 Å². The minimum Gasteiger partial charge on any atom is -0.389 e. The molecule has 1 saturated heterocycles. The van der Waals surface area contributed by atoms with Crippen molar-refractivity contribution < 1.29 is 19.0 Å². The Balaban J connectivity index is 1.61. The quantitative estimate of drug-likeness (QED) is 0.641. The second kappa shape index (κ2) is 8.86. The van der Waals surface area contributed by atoms with E-state index in [-0.39, 0.29) is 18.7 Å². The first-order valence-corrected chi connectivity index (χ1v) is 12.2. The lowest BCUT2D eigenvalue weighted by molar-refractivity contribution is -0.0232. The number of hydrogen-bond acceptors (Lipinski definition) is 7. The number of aromatic nitrogens is 2. The number of methoxy groups -OCH3 is 1. The maximum atomic E-state index is 15.5. The molecule has 1 aromatic carbocycles. The van der Waals surface area contributed by atoms with E-state index in [0.29, 0.717) is 48.1 Å². The third kappa shape index (κ3) is 3.92. The number of aryl methyl sites for hydroxylation is 1. The summed E-state index contributed by atoms with van der Waals surface area (Å²) in [6.07, 6.45) is 1.66. The fourth-order valence-electron chi connectivity index (χ4n) is 5.04. The number of rotatable bonds is 4. The van der Waals surface area contributed by atoms with E-state index in [1.54, 1.807) is 7.11 Å². The van der Waals surface area contributed by atoms with Crippen LogP contribution >= 0.6 is 11.6 Å². The summed E-state index contributed by atoms with van der Waals surface area (Å²) in [5.74, 6) is 0.711.